The van der Waals surface area contributed by atoms with Crippen LogP contribution in [-0.4, -0.2) is 21.9 Å². The normalized spacial score (nSPS) is 10.7. The Balaban J connectivity index is 2.51. The molecule has 0 aliphatic rings. The molecular formula is C17H15N5OS. The van der Waals surface area contributed by atoms with Crippen LogP contribution in [0.4, 0.5) is 0 Å². The van der Waals surface area contributed by atoms with Gasteiger partial charge in [0.25, 0.3) is 0 Å². The van der Waals surface area contributed by atoms with Crippen LogP contribution in [0.3, 0.4) is 0 Å². The molecule has 0 unspecified atom stereocenters. The van der Waals surface area contributed by atoms with E-state index in [9.17, 15) is 0 Å². The lowest BCUT2D eigenvalue weighted by Gasteiger charge is -2.02. The molecule has 6 nitrogen and oxygen atoms in total. The highest BCUT2D eigenvalue weighted by atomic mass is 32.1. The van der Waals surface area contributed by atoms with Crippen LogP contribution >= 0.6 is 12.2 Å². The molecule has 0 amide bonds. The predicted molar refractivity (Wildman–Crippen MR) is 94.8 cm³/mol. The van der Waals surface area contributed by atoms with Crippen molar-refractivity contribution < 1.29 is 4.74 Å². The van der Waals surface area contributed by atoms with E-state index in [1.165, 1.54) is 0 Å². The van der Waals surface area contributed by atoms with E-state index in [2.05, 4.69) is 11.2 Å². The highest BCUT2D eigenvalue weighted by Crippen LogP contribution is 2.26. The molecule has 0 bridgehead atoms. The van der Waals surface area contributed by atoms with Crippen LogP contribution < -0.4 is 10.5 Å². The third-order valence-corrected chi connectivity index (χ3v) is 3.51. The number of aromatic nitrogens is 2. The van der Waals surface area contributed by atoms with Gasteiger partial charge in [0, 0.05) is 17.3 Å². The van der Waals surface area contributed by atoms with Crippen molar-refractivity contribution in [3.8, 4) is 29.1 Å². The Morgan fingerprint density at radius 2 is 2.08 bits per heavy atom. The zero-order valence-electron chi connectivity index (χ0n) is 13.1. The summed E-state index contributed by atoms with van der Waals surface area (Å²) in [5, 5.41) is 22.4. The van der Waals surface area contributed by atoms with Crippen LogP contribution in [0.1, 0.15) is 12.0 Å². The Bertz CT molecular complexity index is 853. The van der Waals surface area contributed by atoms with E-state index in [4.69, 9.17) is 33.2 Å². The Labute approximate surface area is 145 Å². The molecule has 0 aliphatic heterocycles. The molecule has 0 atom stereocenters. The molecule has 0 radical (unpaired) electrons. The van der Waals surface area contributed by atoms with Gasteiger partial charge < -0.3 is 10.5 Å². The maximum atomic E-state index is 9.16. The fourth-order valence-corrected chi connectivity index (χ4v) is 2.21. The molecule has 7 heteroatoms. The second kappa shape index (κ2) is 7.91. The number of rotatable bonds is 6. The van der Waals surface area contributed by atoms with E-state index in [0.29, 0.717) is 24.2 Å². The third-order valence-electron chi connectivity index (χ3n) is 3.29. The zero-order valence-corrected chi connectivity index (χ0v) is 13.9. The molecule has 0 spiro atoms. The van der Waals surface area contributed by atoms with Crippen molar-refractivity contribution in [2.24, 2.45) is 5.73 Å². The van der Waals surface area contributed by atoms with Gasteiger partial charge in [0.2, 0.25) is 0 Å². The molecule has 2 aromatic rings. The third kappa shape index (κ3) is 3.97. The molecule has 0 aliphatic carbocycles. The van der Waals surface area contributed by atoms with E-state index >= 15 is 0 Å². The summed E-state index contributed by atoms with van der Waals surface area (Å²) in [5.74, 6) is 0.737. The largest absolute Gasteiger partial charge is 0.497 e. The average molecular weight is 337 g/mol. The molecular weight excluding hydrogens is 322 g/mol. The first-order valence-electron chi connectivity index (χ1n) is 7.09. The molecule has 1 aromatic carbocycles. The van der Waals surface area contributed by atoms with Crippen LogP contribution in [0.5, 0.6) is 5.75 Å². The fourth-order valence-electron chi connectivity index (χ4n) is 2.11. The van der Waals surface area contributed by atoms with Gasteiger partial charge in [0.05, 0.1) is 37.4 Å². The number of hydrogen-bond acceptors (Lipinski definition) is 5. The number of ether oxygens (including phenoxy) is 1. The standard InChI is InChI=1S/C17H15N5OS/c1-23-15-5-3-12(4-6-15)16-14(9-13(10-19)17(20)24)11-22(21-16)8-2-7-18/h3-6,9,11H,2,8H2,1H3,(H2,20,24). The summed E-state index contributed by atoms with van der Waals surface area (Å²) in [6.07, 6.45) is 3.72. The Kier molecular flexibility index (Phi) is 5.67. The highest BCUT2D eigenvalue weighted by Gasteiger charge is 2.12. The summed E-state index contributed by atoms with van der Waals surface area (Å²) < 4.78 is 6.83. The number of nitrogens with zero attached hydrogens (tertiary/aromatic N) is 4. The van der Waals surface area contributed by atoms with Crippen LogP contribution in [0.15, 0.2) is 36.0 Å². The van der Waals surface area contributed by atoms with Crippen LogP contribution in [0.2, 0.25) is 0 Å². The number of nitrogens with two attached hydrogens (primary N) is 1. The van der Waals surface area contributed by atoms with Gasteiger partial charge in [0.15, 0.2) is 0 Å². The van der Waals surface area contributed by atoms with Crippen LogP contribution in [0.25, 0.3) is 17.3 Å². The first-order chi connectivity index (χ1) is 11.6. The monoisotopic (exact) mass is 337 g/mol. The van der Waals surface area contributed by atoms with Crippen molar-refractivity contribution in [3.05, 3.63) is 41.6 Å². The maximum Gasteiger partial charge on any atom is 0.118 e. The van der Waals surface area contributed by atoms with Crippen molar-refractivity contribution >= 4 is 23.3 Å². The summed E-state index contributed by atoms with van der Waals surface area (Å²) in [6.45, 7) is 0.461. The van der Waals surface area contributed by atoms with Crippen LogP contribution in [0, 0.1) is 22.7 Å². The van der Waals surface area contributed by atoms with Crippen molar-refractivity contribution in [3.63, 3.8) is 0 Å². The van der Waals surface area contributed by atoms with Gasteiger partial charge in [-0.1, -0.05) is 12.2 Å². The van der Waals surface area contributed by atoms with E-state index in [0.717, 1.165) is 11.3 Å². The zero-order chi connectivity index (χ0) is 17.5. The maximum absolute atomic E-state index is 9.16. The van der Waals surface area contributed by atoms with Gasteiger partial charge in [0.1, 0.15) is 16.8 Å². The van der Waals surface area contributed by atoms with E-state index in [1.54, 1.807) is 24.1 Å². The Morgan fingerprint density at radius 3 is 2.62 bits per heavy atom. The number of aryl methyl sites for hydroxylation is 1. The number of benzene rings is 1. The Morgan fingerprint density at radius 1 is 1.38 bits per heavy atom. The van der Waals surface area contributed by atoms with E-state index < -0.39 is 0 Å². The Hall–Kier alpha value is -3.16. The van der Waals surface area contributed by atoms with Gasteiger partial charge >= 0.3 is 0 Å². The second-order valence-corrected chi connectivity index (χ2v) is 5.31. The first kappa shape index (κ1) is 17.2. The molecule has 0 fully saturated rings. The van der Waals surface area contributed by atoms with E-state index in [1.807, 2.05) is 30.3 Å². The first-order valence-corrected chi connectivity index (χ1v) is 7.50. The van der Waals surface area contributed by atoms with Crippen molar-refractivity contribution in [2.75, 3.05) is 7.11 Å². The lowest BCUT2D eigenvalue weighted by molar-refractivity contribution is 0.415. The minimum Gasteiger partial charge on any atom is -0.497 e. The van der Waals surface area contributed by atoms with Gasteiger partial charge in [-0.15, -0.1) is 0 Å². The smallest absolute Gasteiger partial charge is 0.118 e. The topological polar surface area (TPSA) is 101 Å². The van der Waals surface area contributed by atoms with Gasteiger partial charge in [-0.25, -0.2) is 0 Å². The molecule has 0 saturated heterocycles. The summed E-state index contributed by atoms with van der Waals surface area (Å²) in [5.41, 5.74) is 8.02. The van der Waals surface area contributed by atoms with Crippen LogP contribution in [-0.2, 0) is 6.54 Å². The summed E-state index contributed by atoms with van der Waals surface area (Å²) in [4.78, 5) is 0.0305. The number of thiocarbonyl (C=S) groups is 1. The SMILES string of the molecule is COc1ccc(-c2nn(CCC#N)cc2C=C(C#N)C(N)=S)cc1. The van der Waals surface area contributed by atoms with Crippen molar-refractivity contribution in [2.45, 2.75) is 13.0 Å². The highest BCUT2D eigenvalue weighted by molar-refractivity contribution is 7.80. The molecule has 0 saturated carbocycles. The molecule has 2 N–H and O–H groups in total. The number of nitriles is 2. The molecule has 1 heterocycles. The van der Waals surface area contributed by atoms with E-state index in [-0.39, 0.29) is 10.6 Å². The van der Waals surface area contributed by atoms with Gasteiger partial charge in [-0.3, -0.25) is 4.68 Å². The number of hydrogen-bond donors (Lipinski definition) is 1. The molecule has 24 heavy (non-hydrogen) atoms. The minimum atomic E-state index is 0.0305. The summed E-state index contributed by atoms with van der Waals surface area (Å²) in [7, 11) is 1.60. The summed E-state index contributed by atoms with van der Waals surface area (Å²) >= 11 is 4.89. The number of methoxy groups -OCH3 is 1. The predicted octanol–water partition coefficient (Wildman–Crippen LogP) is 2.67. The quantitative estimate of drug-likeness (QED) is 0.494. The molecule has 2 rings (SSSR count). The average Bonchev–Trinajstić information content (AvgIpc) is 3.00. The lowest BCUT2D eigenvalue weighted by atomic mass is 10.1. The molecule has 120 valence electrons. The van der Waals surface area contributed by atoms with Gasteiger partial charge in [-0.2, -0.15) is 15.6 Å². The second-order valence-electron chi connectivity index (χ2n) is 4.87. The van der Waals surface area contributed by atoms with Gasteiger partial charge in [-0.05, 0) is 30.3 Å². The minimum absolute atomic E-state index is 0.0305. The molecule has 1 aromatic heterocycles. The fraction of sp³-hybridized carbons (Fsp3) is 0.176. The summed E-state index contributed by atoms with van der Waals surface area (Å²) in [6, 6.07) is 11.5. The van der Waals surface area contributed by atoms with Crippen molar-refractivity contribution in [1.29, 1.82) is 10.5 Å². The van der Waals surface area contributed by atoms with Crippen molar-refractivity contribution in [1.82, 2.24) is 9.78 Å². The lowest BCUT2D eigenvalue weighted by Crippen LogP contribution is -2.09.